The second-order valence-electron chi connectivity index (χ2n) is 3.93. The van der Waals surface area contributed by atoms with Gasteiger partial charge in [0.1, 0.15) is 5.69 Å². The van der Waals surface area contributed by atoms with Crippen molar-refractivity contribution in [1.82, 2.24) is 9.55 Å². The highest BCUT2D eigenvalue weighted by molar-refractivity contribution is 5.31. The molecule has 0 radical (unpaired) electrons. The molecule has 82 valence electrons. The van der Waals surface area contributed by atoms with Crippen molar-refractivity contribution < 1.29 is 4.92 Å². The number of aryl methyl sites for hydroxylation is 1. The lowest BCUT2D eigenvalue weighted by Gasteiger charge is -2.21. The Bertz CT molecular complexity index is 399. The van der Waals surface area contributed by atoms with Gasteiger partial charge in [-0.25, -0.2) is 0 Å². The Morgan fingerprint density at radius 3 is 3.07 bits per heavy atom. The SMILES string of the molecule is Cc1nc([N+](=O)[O-])c2n1CCC(CN)C2. The van der Waals surface area contributed by atoms with E-state index in [0.29, 0.717) is 18.9 Å². The Balaban J connectivity index is 2.41. The first-order valence-electron chi connectivity index (χ1n) is 5.04. The number of nitro groups is 1. The van der Waals surface area contributed by atoms with Gasteiger partial charge in [-0.15, -0.1) is 0 Å². The molecule has 0 fully saturated rings. The molecule has 0 bridgehead atoms. The molecule has 2 N–H and O–H groups in total. The van der Waals surface area contributed by atoms with Crippen LogP contribution in [0.3, 0.4) is 0 Å². The predicted molar refractivity (Wildman–Crippen MR) is 54.5 cm³/mol. The fourth-order valence-electron chi connectivity index (χ4n) is 2.13. The van der Waals surface area contributed by atoms with Crippen molar-refractivity contribution in [2.45, 2.75) is 26.3 Å². The molecule has 2 heterocycles. The van der Waals surface area contributed by atoms with E-state index in [9.17, 15) is 10.1 Å². The molecule has 1 aromatic heterocycles. The van der Waals surface area contributed by atoms with Crippen LogP contribution in [0.15, 0.2) is 0 Å². The maximum atomic E-state index is 10.8. The summed E-state index contributed by atoms with van der Waals surface area (Å²) in [6.45, 7) is 3.19. The first kappa shape index (κ1) is 10.1. The van der Waals surface area contributed by atoms with Crippen molar-refractivity contribution in [2.24, 2.45) is 11.7 Å². The van der Waals surface area contributed by atoms with E-state index < -0.39 is 4.92 Å². The third-order valence-electron chi connectivity index (χ3n) is 2.99. The molecule has 0 amide bonds. The molecule has 0 aliphatic carbocycles. The van der Waals surface area contributed by atoms with Crippen LogP contribution in [-0.4, -0.2) is 21.0 Å². The van der Waals surface area contributed by atoms with Crippen LogP contribution < -0.4 is 5.73 Å². The minimum Gasteiger partial charge on any atom is -0.358 e. The van der Waals surface area contributed by atoms with Gasteiger partial charge in [0.15, 0.2) is 0 Å². The molecule has 0 saturated heterocycles. The van der Waals surface area contributed by atoms with E-state index in [1.807, 2.05) is 4.57 Å². The topological polar surface area (TPSA) is 87.0 Å². The lowest BCUT2D eigenvalue weighted by Crippen LogP contribution is -2.25. The second kappa shape index (κ2) is 3.62. The highest BCUT2D eigenvalue weighted by Gasteiger charge is 2.30. The summed E-state index contributed by atoms with van der Waals surface area (Å²) in [5.41, 5.74) is 6.33. The number of hydrogen-bond acceptors (Lipinski definition) is 4. The van der Waals surface area contributed by atoms with Gasteiger partial charge in [-0.1, -0.05) is 0 Å². The van der Waals surface area contributed by atoms with Gasteiger partial charge in [-0.05, 0) is 28.8 Å². The van der Waals surface area contributed by atoms with Gasteiger partial charge in [0.25, 0.3) is 0 Å². The van der Waals surface area contributed by atoms with Crippen molar-refractivity contribution in [3.05, 3.63) is 21.6 Å². The van der Waals surface area contributed by atoms with Crippen molar-refractivity contribution in [2.75, 3.05) is 6.54 Å². The van der Waals surface area contributed by atoms with Crippen molar-refractivity contribution in [3.8, 4) is 0 Å². The molecule has 6 nitrogen and oxygen atoms in total. The summed E-state index contributed by atoms with van der Waals surface area (Å²) in [6, 6.07) is 0. The smallest absolute Gasteiger partial charge is 0.358 e. The number of hydrogen-bond donors (Lipinski definition) is 1. The lowest BCUT2D eigenvalue weighted by atomic mass is 9.96. The van der Waals surface area contributed by atoms with Crippen molar-refractivity contribution in [1.29, 1.82) is 0 Å². The summed E-state index contributed by atoms with van der Waals surface area (Å²) in [5.74, 6) is 1.09. The molecule has 1 aliphatic heterocycles. The Kier molecular flexibility index (Phi) is 2.44. The molecular weight excluding hydrogens is 196 g/mol. The van der Waals surface area contributed by atoms with Crippen LogP contribution in [0.2, 0.25) is 0 Å². The first-order chi connectivity index (χ1) is 7.13. The molecule has 2 rings (SSSR count). The summed E-state index contributed by atoms with van der Waals surface area (Å²) in [7, 11) is 0. The molecule has 1 unspecified atom stereocenters. The maximum absolute atomic E-state index is 10.8. The third-order valence-corrected chi connectivity index (χ3v) is 2.99. The molecule has 0 saturated carbocycles. The van der Waals surface area contributed by atoms with E-state index in [1.165, 1.54) is 0 Å². The van der Waals surface area contributed by atoms with E-state index in [-0.39, 0.29) is 5.82 Å². The van der Waals surface area contributed by atoms with E-state index in [2.05, 4.69) is 4.98 Å². The quantitative estimate of drug-likeness (QED) is 0.572. The molecule has 6 heteroatoms. The predicted octanol–water partition coefficient (Wildman–Crippen LogP) is 0.621. The van der Waals surface area contributed by atoms with Gasteiger partial charge in [0, 0.05) is 19.9 Å². The fourth-order valence-corrected chi connectivity index (χ4v) is 2.13. The summed E-state index contributed by atoms with van der Waals surface area (Å²) >= 11 is 0. The molecular formula is C9H14N4O2. The summed E-state index contributed by atoms with van der Waals surface area (Å²) in [4.78, 5) is 14.4. The highest BCUT2D eigenvalue weighted by Crippen LogP contribution is 2.28. The number of aromatic nitrogens is 2. The minimum atomic E-state index is -0.405. The van der Waals surface area contributed by atoms with Crippen LogP contribution in [0.4, 0.5) is 5.82 Å². The van der Waals surface area contributed by atoms with Crippen LogP contribution in [0.25, 0.3) is 0 Å². The van der Waals surface area contributed by atoms with E-state index in [4.69, 9.17) is 5.73 Å². The monoisotopic (exact) mass is 210 g/mol. The third kappa shape index (κ3) is 1.61. The average Bonchev–Trinajstić information content (AvgIpc) is 2.56. The zero-order chi connectivity index (χ0) is 11.0. The highest BCUT2D eigenvalue weighted by atomic mass is 16.6. The standard InChI is InChI=1S/C9H14N4O2/c1-6-11-9(13(14)15)8-4-7(5-10)2-3-12(6)8/h7H,2-5,10H2,1H3. The van der Waals surface area contributed by atoms with Crippen LogP contribution in [0, 0.1) is 23.0 Å². The molecule has 15 heavy (non-hydrogen) atoms. The maximum Gasteiger partial charge on any atom is 0.385 e. The van der Waals surface area contributed by atoms with E-state index in [1.54, 1.807) is 6.92 Å². The number of rotatable bonds is 2. The molecule has 1 atom stereocenters. The van der Waals surface area contributed by atoms with Crippen molar-refractivity contribution in [3.63, 3.8) is 0 Å². The zero-order valence-corrected chi connectivity index (χ0v) is 8.64. The van der Waals surface area contributed by atoms with Gasteiger partial charge >= 0.3 is 5.82 Å². The van der Waals surface area contributed by atoms with Gasteiger partial charge < -0.3 is 20.4 Å². The Labute approximate surface area is 87.2 Å². The number of nitrogens with zero attached hydrogens (tertiary/aromatic N) is 3. The summed E-state index contributed by atoms with van der Waals surface area (Å²) in [5, 5.41) is 10.8. The number of nitrogens with two attached hydrogens (primary N) is 1. The fraction of sp³-hybridized carbons (Fsp3) is 0.667. The summed E-state index contributed by atoms with van der Waals surface area (Å²) in [6.07, 6.45) is 1.66. The minimum absolute atomic E-state index is 0.00523. The Hall–Kier alpha value is -1.43. The van der Waals surface area contributed by atoms with Crippen LogP contribution >= 0.6 is 0 Å². The van der Waals surface area contributed by atoms with Crippen LogP contribution in [0.5, 0.6) is 0 Å². The molecule has 0 spiro atoms. The normalized spacial score (nSPS) is 20.0. The molecule has 1 aromatic rings. The van der Waals surface area contributed by atoms with Gasteiger partial charge in [-0.3, -0.25) is 0 Å². The van der Waals surface area contributed by atoms with Crippen LogP contribution in [0.1, 0.15) is 17.9 Å². The number of imidazole rings is 1. The van der Waals surface area contributed by atoms with Gasteiger partial charge in [0.2, 0.25) is 5.82 Å². The Morgan fingerprint density at radius 1 is 1.73 bits per heavy atom. The molecule has 1 aliphatic rings. The van der Waals surface area contributed by atoms with Gasteiger partial charge in [-0.2, -0.15) is 0 Å². The average molecular weight is 210 g/mol. The van der Waals surface area contributed by atoms with Gasteiger partial charge in [0.05, 0.1) is 0 Å². The zero-order valence-electron chi connectivity index (χ0n) is 8.64. The Morgan fingerprint density at radius 2 is 2.47 bits per heavy atom. The molecule has 0 aromatic carbocycles. The van der Waals surface area contributed by atoms with Crippen molar-refractivity contribution >= 4 is 5.82 Å². The largest absolute Gasteiger partial charge is 0.385 e. The second-order valence-corrected chi connectivity index (χ2v) is 3.93. The van der Waals surface area contributed by atoms with Crippen LogP contribution in [-0.2, 0) is 13.0 Å². The summed E-state index contributed by atoms with van der Waals surface area (Å²) < 4.78 is 1.93. The number of fused-ring (bicyclic) bond motifs is 1. The first-order valence-corrected chi connectivity index (χ1v) is 5.04. The lowest BCUT2D eigenvalue weighted by molar-refractivity contribution is -0.390. The van der Waals surface area contributed by atoms with E-state index in [0.717, 1.165) is 24.5 Å². The van der Waals surface area contributed by atoms with E-state index >= 15 is 0 Å².